The van der Waals surface area contributed by atoms with E-state index < -0.39 is 5.97 Å². The van der Waals surface area contributed by atoms with Gasteiger partial charge in [-0.25, -0.2) is 0 Å². The molecule has 0 saturated heterocycles. The Bertz CT molecular complexity index is 614. The van der Waals surface area contributed by atoms with Crippen LogP contribution in [0.3, 0.4) is 0 Å². The van der Waals surface area contributed by atoms with Crippen LogP contribution in [0.4, 0.5) is 5.69 Å². The van der Waals surface area contributed by atoms with Crippen molar-refractivity contribution in [1.82, 2.24) is 4.57 Å². The van der Waals surface area contributed by atoms with Crippen molar-refractivity contribution in [2.45, 2.75) is 12.8 Å². The zero-order valence-corrected chi connectivity index (χ0v) is 11.2. The fraction of sp³-hybridized carbons (Fsp3) is 0.200. The summed E-state index contributed by atoms with van der Waals surface area (Å²) in [6.45, 7) is 0. The van der Waals surface area contributed by atoms with Crippen LogP contribution in [-0.2, 0) is 18.3 Å². The summed E-state index contributed by atoms with van der Waals surface area (Å²) in [4.78, 5) is 22.5. The molecule has 2 aromatic rings. The molecule has 1 heterocycles. The van der Waals surface area contributed by atoms with E-state index in [4.69, 9.17) is 5.11 Å². The van der Waals surface area contributed by atoms with Crippen molar-refractivity contribution in [2.75, 3.05) is 5.32 Å². The first-order valence-corrected chi connectivity index (χ1v) is 6.29. The summed E-state index contributed by atoms with van der Waals surface area (Å²) >= 11 is 0. The van der Waals surface area contributed by atoms with Gasteiger partial charge in [0.1, 0.15) is 5.69 Å². The molecule has 5 nitrogen and oxygen atoms in total. The minimum Gasteiger partial charge on any atom is -0.481 e. The number of carboxylic acid groups (broad SMARTS) is 1. The maximum absolute atomic E-state index is 12.0. The van der Waals surface area contributed by atoms with Gasteiger partial charge in [-0.3, -0.25) is 9.59 Å². The number of aliphatic carboxylic acids is 1. The molecule has 0 fully saturated rings. The van der Waals surface area contributed by atoms with Gasteiger partial charge in [-0.2, -0.15) is 0 Å². The zero-order valence-electron chi connectivity index (χ0n) is 11.2. The molecule has 1 amide bonds. The Balaban J connectivity index is 1.99. The maximum Gasteiger partial charge on any atom is 0.303 e. The van der Waals surface area contributed by atoms with Gasteiger partial charge in [0, 0.05) is 25.4 Å². The number of nitrogens with zero attached hydrogens (tertiary/aromatic N) is 1. The fourth-order valence-electron chi connectivity index (χ4n) is 1.90. The largest absolute Gasteiger partial charge is 0.481 e. The van der Waals surface area contributed by atoms with Gasteiger partial charge in [-0.1, -0.05) is 12.1 Å². The molecule has 0 atom stereocenters. The van der Waals surface area contributed by atoms with Crippen LogP contribution in [0.25, 0.3) is 0 Å². The third-order valence-electron chi connectivity index (χ3n) is 3.02. The van der Waals surface area contributed by atoms with Gasteiger partial charge >= 0.3 is 5.97 Å². The minimum absolute atomic E-state index is 0.106. The van der Waals surface area contributed by atoms with Crippen LogP contribution in [0.2, 0.25) is 0 Å². The van der Waals surface area contributed by atoms with Crippen LogP contribution in [-0.4, -0.2) is 21.6 Å². The number of nitrogens with one attached hydrogen (secondary N) is 1. The molecule has 2 N–H and O–H groups in total. The Morgan fingerprint density at radius 3 is 2.45 bits per heavy atom. The van der Waals surface area contributed by atoms with E-state index in [2.05, 4.69) is 5.32 Å². The summed E-state index contributed by atoms with van der Waals surface area (Å²) < 4.78 is 1.75. The first-order chi connectivity index (χ1) is 9.56. The number of aryl methyl sites for hydroxylation is 2. The molecule has 2 rings (SSSR count). The smallest absolute Gasteiger partial charge is 0.303 e. The molecular weight excluding hydrogens is 256 g/mol. The van der Waals surface area contributed by atoms with Crippen LogP contribution in [0.5, 0.6) is 0 Å². The van der Waals surface area contributed by atoms with Crippen molar-refractivity contribution in [2.24, 2.45) is 7.05 Å². The highest BCUT2D eigenvalue weighted by atomic mass is 16.4. The number of aromatic nitrogens is 1. The number of hydrogen-bond donors (Lipinski definition) is 2. The lowest BCUT2D eigenvalue weighted by molar-refractivity contribution is -0.136. The van der Waals surface area contributed by atoms with Gasteiger partial charge in [0.15, 0.2) is 0 Å². The molecule has 104 valence electrons. The summed E-state index contributed by atoms with van der Waals surface area (Å²) in [5.41, 5.74) is 2.21. The van der Waals surface area contributed by atoms with Gasteiger partial charge in [-0.05, 0) is 36.2 Å². The molecule has 0 spiro atoms. The average Bonchev–Trinajstić information content (AvgIpc) is 2.84. The third kappa shape index (κ3) is 3.47. The number of anilines is 1. The predicted octanol–water partition coefficient (Wildman–Crippen LogP) is 2.29. The van der Waals surface area contributed by atoms with E-state index in [-0.39, 0.29) is 12.3 Å². The molecule has 0 aliphatic carbocycles. The van der Waals surface area contributed by atoms with Gasteiger partial charge in [-0.15, -0.1) is 0 Å². The van der Waals surface area contributed by atoms with Crippen molar-refractivity contribution < 1.29 is 14.7 Å². The molecule has 1 aromatic carbocycles. The quantitative estimate of drug-likeness (QED) is 0.877. The number of carbonyl (C=O) groups excluding carboxylic acids is 1. The second-order valence-electron chi connectivity index (χ2n) is 4.55. The molecule has 20 heavy (non-hydrogen) atoms. The molecule has 0 unspecified atom stereocenters. The van der Waals surface area contributed by atoms with Crippen molar-refractivity contribution in [3.05, 3.63) is 53.9 Å². The van der Waals surface area contributed by atoms with Crippen molar-refractivity contribution >= 4 is 17.6 Å². The monoisotopic (exact) mass is 272 g/mol. The van der Waals surface area contributed by atoms with Crippen LogP contribution >= 0.6 is 0 Å². The number of carboxylic acids is 1. The van der Waals surface area contributed by atoms with Crippen molar-refractivity contribution in [3.8, 4) is 0 Å². The number of rotatable bonds is 5. The summed E-state index contributed by atoms with van der Waals surface area (Å²) in [6, 6.07) is 10.8. The molecule has 0 radical (unpaired) electrons. The Hall–Kier alpha value is -2.56. The first kappa shape index (κ1) is 13.9. The molecule has 1 aromatic heterocycles. The highest BCUT2D eigenvalue weighted by Crippen LogP contribution is 2.12. The molecule has 5 heteroatoms. The average molecular weight is 272 g/mol. The summed E-state index contributed by atoms with van der Waals surface area (Å²) in [5, 5.41) is 11.4. The van der Waals surface area contributed by atoms with Gasteiger partial charge < -0.3 is 15.0 Å². The molecule has 0 saturated carbocycles. The van der Waals surface area contributed by atoms with Gasteiger partial charge in [0.05, 0.1) is 0 Å². The lowest BCUT2D eigenvalue weighted by atomic mass is 10.1. The lowest BCUT2D eigenvalue weighted by Crippen LogP contribution is -2.15. The number of benzene rings is 1. The van der Waals surface area contributed by atoms with Crippen LogP contribution in [0.15, 0.2) is 42.6 Å². The number of carbonyl (C=O) groups is 2. The molecule has 0 aliphatic heterocycles. The van der Waals surface area contributed by atoms with Crippen LogP contribution in [0, 0.1) is 0 Å². The van der Waals surface area contributed by atoms with E-state index >= 15 is 0 Å². The standard InChI is InChI=1S/C15H16N2O3/c1-17-10-2-3-13(17)15(20)16-12-7-4-11(5-8-12)6-9-14(18)19/h2-5,7-8,10H,6,9H2,1H3,(H,16,20)(H,18,19). The summed E-state index contributed by atoms with van der Waals surface area (Å²) in [6.07, 6.45) is 2.40. The zero-order chi connectivity index (χ0) is 14.5. The van der Waals surface area contributed by atoms with E-state index in [1.807, 2.05) is 31.4 Å². The topological polar surface area (TPSA) is 71.3 Å². The minimum atomic E-state index is -0.814. The Kier molecular flexibility index (Phi) is 4.20. The number of hydrogen-bond acceptors (Lipinski definition) is 2. The highest BCUT2D eigenvalue weighted by molar-refractivity contribution is 6.03. The SMILES string of the molecule is Cn1cccc1C(=O)Nc1ccc(CCC(=O)O)cc1. The van der Waals surface area contributed by atoms with E-state index in [1.54, 1.807) is 22.8 Å². The van der Waals surface area contributed by atoms with Gasteiger partial charge in [0.2, 0.25) is 0 Å². The first-order valence-electron chi connectivity index (χ1n) is 6.29. The maximum atomic E-state index is 12.0. The van der Waals surface area contributed by atoms with E-state index in [0.29, 0.717) is 17.8 Å². The predicted molar refractivity (Wildman–Crippen MR) is 75.8 cm³/mol. The van der Waals surface area contributed by atoms with E-state index in [0.717, 1.165) is 5.56 Å². The second-order valence-corrected chi connectivity index (χ2v) is 4.55. The van der Waals surface area contributed by atoms with Crippen LogP contribution < -0.4 is 5.32 Å². The number of amides is 1. The second kappa shape index (κ2) is 6.06. The Morgan fingerprint density at radius 1 is 1.20 bits per heavy atom. The van der Waals surface area contributed by atoms with Gasteiger partial charge in [0.25, 0.3) is 5.91 Å². The van der Waals surface area contributed by atoms with Crippen molar-refractivity contribution in [3.63, 3.8) is 0 Å². The van der Waals surface area contributed by atoms with E-state index in [9.17, 15) is 9.59 Å². The van der Waals surface area contributed by atoms with Crippen LogP contribution in [0.1, 0.15) is 22.5 Å². The third-order valence-corrected chi connectivity index (χ3v) is 3.02. The molecule has 0 bridgehead atoms. The lowest BCUT2D eigenvalue weighted by Gasteiger charge is -2.07. The summed E-state index contributed by atoms with van der Waals surface area (Å²) in [7, 11) is 1.81. The Morgan fingerprint density at radius 2 is 1.90 bits per heavy atom. The summed E-state index contributed by atoms with van der Waals surface area (Å²) in [5.74, 6) is -0.984. The fourth-order valence-corrected chi connectivity index (χ4v) is 1.90. The molecular formula is C15H16N2O3. The Labute approximate surface area is 116 Å². The molecule has 0 aliphatic rings. The normalized spacial score (nSPS) is 10.2. The highest BCUT2D eigenvalue weighted by Gasteiger charge is 2.08. The van der Waals surface area contributed by atoms with E-state index in [1.165, 1.54) is 0 Å². The van der Waals surface area contributed by atoms with Crippen molar-refractivity contribution in [1.29, 1.82) is 0 Å².